The van der Waals surface area contributed by atoms with Gasteiger partial charge in [0.1, 0.15) is 0 Å². The minimum atomic E-state index is -0.111. The van der Waals surface area contributed by atoms with E-state index in [9.17, 15) is 4.79 Å². The smallest absolute Gasteiger partial charge is 0.466 e. The Balaban J connectivity index is 0.000000684. The molecule has 0 radical (unpaired) electrons. The molecule has 0 N–H and O–H groups in total. The van der Waals surface area contributed by atoms with Crippen molar-refractivity contribution in [1.82, 2.24) is 0 Å². The van der Waals surface area contributed by atoms with E-state index in [-0.39, 0.29) is 27.8 Å². The van der Waals surface area contributed by atoms with Gasteiger partial charge in [-0.05, 0) is 6.92 Å². The standard InChI is InChI=1S/C14H21O2S.C5H5.Fe/c1-5-16-13(15)10-9-11-7-6-8-12(11)17-14(2,3)4;1-2-4-5-3-1;/h6-8H,5,9-10H2,1-4H3;1-5H;/q2*-1;+2. The van der Waals surface area contributed by atoms with Crippen molar-refractivity contribution in [2.24, 2.45) is 0 Å². The summed E-state index contributed by atoms with van der Waals surface area (Å²) < 4.78 is 5.14. The third-order valence-electron chi connectivity index (χ3n) is 2.74. The Morgan fingerprint density at radius 1 is 1.26 bits per heavy atom. The number of rotatable bonds is 5. The van der Waals surface area contributed by atoms with Gasteiger partial charge in [0.25, 0.3) is 0 Å². The van der Waals surface area contributed by atoms with Crippen LogP contribution in [0, 0.1) is 0 Å². The van der Waals surface area contributed by atoms with E-state index < -0.39 is 0 Å². The molecule has 2 aromatic rings. The fourth-order valence-electron chi connectivity index (χ4n) is 1.87. The van der Waals surface area contributed by atoms with Crippen molar-refractivity contribution in [3.63, 3.8) is 0 Å². The number of hydrogen-bond donors (Lipinski definition) is 0. The number of aryl methyl sites for hydroxylation is 1. The molecule has 23 heavy (non-hydrogen) atoms. The second-order valence-electron chi connectivity index (χ2n) is 5.90. The molecule has 0 aliphatic carbocycles. The molecule has 0 fully saturated rings. The van der Waals surface area contributed by atoms with Crippen molar-refractivity contribution < 1.29 is 26.6 Å². The van der Waals surface area contributed by atoms with Crippen LogP contribution in [0.5, 0.6) is 0 Å². The van der Waals surface area contributed by atoms with Gasteiger partial charge in [0.2, 0.25) is 0 Å². The first-order chi connectivity index (χ1) is 10.4. The van der Waals surface area contributed by atoms with Gasteiger partial charge in [-0.2, -0.15) is 24.3 Å². The SMILES string of the molecule is CCOC(=O)CC[c-]1cccc1SC(C)(C)C.[Fe+2].c1cc[cH-]c1. The van der Waals surface area contributed by atoms with Crippen LogP contribution in [0.25, 0.3) is 0 Å². The second kappa shape index (κ2) is 11.6. The molecule has 0 aromatic heterocycles. The Kier molecular flexibility index (Phi) is 11.1. The summed E-state index contributed by atoms with van der Waals surface area (Å²) in [6.07, 6.45) is 1.24. The maximum Gasteiger partial charge on any atom is 2.00 e. The zero-order valence-corrected chi connectivity index (χ0v) is 16.2. The molecule has 0 amide bonds. The summed E-state index contributed by atoms with van der Waals surface area (Å²) in [4.78, 5) is 12.6. The van der Waals surface area contributed by atoms with Gasteiger partial charge in [-0.1, -0.05) is 27.2 Å². The molecule has 0 aliphatic rings. The summed E-state index contributed by atoms with van der Waals surface area (Å²) in [5.74, 6) is -0.111. The van der Waals surface area contributed by atoms with Crippen LogP contribution >= 0.6 is 11.8 Å². The Morgan fingerprint density at radius 2 is 1.91 bits per heavy atom. The average molecular weight is 374 g/mol. The Labute approximate surface area is 155 Å². The van der Waals surface area contributed by atoms with Gasteiger partial charge in [-0.25, -0.2) is 24.3 Å². The fraction of sp³-hybridized carbons (Fsp3) is 0.421. The quantitative estimate of drug-likeness (QED) is 0.312. The van der Waals surface area contributed by atoms with Gasteiger partial charge in [0.15, 0.2) is 0 Å². The van der Waals surface area contributed by atoms with Crippen LogP contribution in [0.1, 0.15) is 39.7 Å². The number of carbonyl (C=O) groups is 1. The first-order valence-corrected chi connectivity index (χ1v) is 8.50. The van der Waals surface area contributed by atoms with Gasteiger partial charge in [0.05, 0.1) is 6.61 Å². The van der Waals surface area contributed by atoms with Crippen LogP contribution in [-0.4, -0.2) is 17.3 Å². The fourth-order valence-corrected chi connectivity index (χ4v) is 2.97. The zero-order chi connectivity index (χ0) is 16.4. The van der Waals surface area contributed by atoms with E-state index in [0.29, 0.717) is 13.0 Å². The van der Waals surface area contributed by atoms with E-state index in [4.69, 9.17) is 4.74 Å². The maximum absolute atomic E-state index is 11.3. The zero-order valence-electron chi connectivity index (χ0n) is 14.3. The van der Waals surface area contributed by atoms with Crippen LogP contribution in [0.4, 0.5) is 0 Å². The molecule has 0 atom stereocenters. The first-order valence-electron chi connectivity index (χ1n) is 7.68. The molecule has 2 rings (SSSR count). The van der Waals surface area contributed by atoms with Gasteiger partial charge < -0.3 is 4.74 Å². The van der Waals surface area contributed by atoms with Crippen molar-refractivity contribution in [2.75, 3.05) is 6.61 Å². The molecule has 0 bridgehead atoms. The predicted octanol–water partition coefficient (Wildman–Crippen LogP) is 5.19. The van der Waals surface area contributed by atoms with Gasteiger partial charge in [-0.3, -0.25) is 4.79 Å². The Bertz CT molecular complexity index is 507. The maximum atomic E-state index is 11.3. The van der Waals surface area contributed by atoms with E-state index in [0.717, 1.165) is 6.42 Å². The molecule has 2 nitrogen and oxygen atoms in total. The summed E-state index contributed by atoms with van der Waals surface area (Å²) in [5, 5.41) is 0. The van der Waals surface area contributed by atoms with Crippen molar-refractivity contribution in [2.45, 2.75) is 50.2 Å². The summed E-state index contributed by atoms with van der Waals surface area (Å²) in [7, 11) is 0. The largest absolute Gasteiger partial charge is 2.00 e. The minimum Gasteiger partial charge on any atom is -0.466 e. The molecule has 2 aromatic carbocycles. The number of ether oxygens (including phenoxy) is 1. The average Bonchev–Trinajstić information content (AvgIpc) is 3.09. The van der Waals surface area contributed by atoms with E-state index in [1.165, 1.54) is 10.5 Å². The van der Waals surface area contributed by atoms with Crippen LogP contribution in [0.15, 0.2) is 53.4 Å². The van der Waals surface area contributed by atoms with E-state index in [1.54, 1.807) is 0 Å². The number of hydrogen-bond acceptors (Lipinski definition) is 3. The number of carbonyl (C=O) groups excluding carboxylic acids is 1. The Morgan fingerprint density at radius 3 is 2.39 bits per heavy atom. The minimum absolute atomic E-state index is 0. The first kappa shape index (κ1) is 22.0. The third-order valence-corrected chi connectivity index (χ3v) is 3.97. The number of thioether (sulfide) groups is 1. The normalized spacial score (nSPS) is 10.3. The van der Waals surface area contributed by atoms with Gasteiger partial charge in [0, 0.05) is 11.2 Å². The third kappa shape index (κ3) is 10.4. The number of esters is 1. The molecule has 128 valence electrons. The molecular formula is C19H26FeO2S. The molecule has 4 heteroatoms. The summed E-state index contributed by atoms with van der Waals surface area (Å²) >= 11 is 1.85. The van der Waals surface area contributed by atoms with Gasteiger partial charge >= 0.3 is 23.0 Å². The summed E-state index contributed by atoms with van der Waals surface area (Å²) in [6.45, 7) is 8.88. The molecule has 0 aliphatic heterocycles. The summed E-state index contributed by atoms with van der Waals surface area (Å²) in [5.41, 5.74) is 1.25. The van der Waals surface area contributed by atoms with Crippen LogP contribution < -0.4 is 0 Å². The van der Waals surface area contributed by atoms with Crippen LogP contribution in [-0.2, 0) is 33.0 Å². The van der Waals surface area contributed by atoms with Crippen molar-refractivity contribution in [1.29, 1.82) is 0 Å². The molecule has 0 unspecified atom stereocenters. The van der Waals surface area contributed by atoms with Crippen molar-refractivity contribution >= 4 is 17.7 Å². The topological polar surface area (TPSA) is 26.3 Å². The molecule has 0 spiro atoms. The van der Waals surface area contributed by atoms with Crippen molar-refractivity contribution in [3.8, 4) is 0 Å². The Hall–Kier alpha value is -0.961. The molecule has 0 heterocycles. The van der Waals surface area contributed by atoms with E-state index in [2.05, 4.69) is 39.0 Å². The summed E-state index contributed by atoms with van der Waals surface area (Å²) in [6, 6.07) is 16.3. The second-order valence-corrected chi connectivity index (χ2v) is 7.77. The molecule has 0 saturated heterocycles. The monoisotopic (exact) mass is 374 g/mol. The van der Waals surface area contributed by atoms with E-state index in [1.807, 2.05) is 49.0 Å². The van der Waals surface area contributed by atoms with Gasteiger partial charge in [-0.15, -0.1) is 22.2 Å². The molecule has 0 saturated carbocycles. The van der Waals surface area contributed by atoms with Crippen LogP contribution in [0.3, 0.4) is 0 Å². The predicted molar refractivity (Wildman–Crippen MR) is 94.6 cm³/mol. The van der Waals surface area contributed by atoms with Crippen molar-refractivity contribution in [3.05, 3.63) is 54.1 Å². The molecular weight excluding hydrogens is 348 g/mol. The van der Waals surface area contributed by atoms with Crippen LogP contribution in [0.2, 0.25) is 0 Å². The van der Waals surface area contributed by atoms with E-state index >= 15 is 0 Å².